The van der Waals surface area contributed by atoms with Crippen LogP contribution in [0.5, 0.6) is 0 Å². The second-order valence-corrected chi connectivity index (χ2v) is 5.03. The zero-order valence-corrected chi connectivity index (χ0v) is 10.4. The van der Waals surface area contributed by atoms with E-state index in [1.807, 2.05) is 19.1 Å². The third-order valence-corrected chi connectivity index (χ3v) is 3.45. The first-order valence-electron chi connectivity index (χ1n) is 6.24. The largest absolute Gasteiger partial charge is 0.390 e. The zero-order valence-electron chi connectivity index (χ0n) is 10.4. The molecule has 2 rings (SSSR count). The van der Waals surface area contributed by atoms with Gasteiger partial charge in [-0.3, -0.25) is 0 Å². The first kappa shape index (κ1) is 12.3. The molecular formula is C13H21N3O. The van der Waals surface area contributed by atoms with Gasteiger partial charge >= 0.3 is 0 Å². The van der Waals surface area contributed by atoms with Gasteiger partial charge in [-0.05, 0) is 32.3 Å². The fourth-order valence-corrected chi connectivity index (χ4v) is 2.35. The van der Waals surface area contributed by atoms with Crippen molar-refractivity contribution in [2.75, 3.05) is 18.0 Å². The first-order valence-corrected chi connectivity index (χ1v) is 6.24. The van der Waals surface area contributed by atoms with Gasteiger partial charge in [-0.2, -0.15) is 0 Å². The van der Waals surface area contributed by atoms with Gasteiger partial charge in [-0.1, -0.05) is 6.07 Å². The van der Waals surface area contributed by atoms with Crippen molar-refractivity contribution in [2.24, 2.45) is 5.73 Å². The Labute approximate surface area is 102 Å². The molecule has 1 aliphatic heterocycles. The number of hydrogen-bond donors (Lipinski definition) is 2. The minimum Gasteiger partial charge on any atom is -0.390 e. The number of aromatic nitrogens is 1. The normalized spacial score (nSPS) is 25.7. The molecule has 1 fully saturated rings. The zero-order chi connectivity index (χ0) is 12.3. The predicted octanol–water partition coefficient (Wildman–Crippen LogP) is 1.28. The molecule has 1 atom stereocenters. The summed E-state index contributed by atoms with van der Waals surface area (Å²) in [5.41, 5.74) is 6.28. The molecule has 1 aromatic rings. The minimum absolute atomic E-state index is 0.510. The van der Waals surface area contributed by atoms with Crippen LogP contribution in [0.3, 0.4) is 0 Å². The molecule has 0 spiro atoms. The van der Waals surface area contributed by atoms with Crippen LogP contribution in [-0.2, 0) is 6.54 Å². The topological polar surface area (TPSA) is 62.4 Å². The molecule has 4 nitrogen and oxygen atoms in total. The molecule has 0 radical (unpaired) electrons. The van der Waals surface area contributed by atoms with Gasteiger partial charge in [0.15, 0.2) is 0 Å². The van der Waals surface area contributed by atoms with Crippen LogP contribution >= 0.6 is 0 Å². The second-order valence-electron chi connectivity index (χ2n) is 5.03. The number of nitrogens with zero attached hydrogens (tertiary/aromatic N) is 2. The number of hydrogen-bond acceptors (Lipinski definition) is 4. The second kappa shape index (κ2) is 5.02. The van der Waals surface area contributed by atoms with Gasteiger partial charge in [0.05, 0.1) is 5.60 Å². The van der Waals surface area contributed by atoms with Crippen molar-refractivity contribution in [3.8, 4) is 0 Å². The van der Waals surface area contributed by atoms with Crippen LogP contribution in [0.25, 0.3) is 0 Å². The van der Waals surface area contributed by atoms with E-state index in [9.17, 15) is 5.11 Å². The van der Waals surface area contributed by atoms with Gasteiger partial charge in [-0.25, -0.2) is 4.98 Å². The summed E-state index contributed by atoms with van der Waals surface area (Å²) in [6.07, 6.45) is 4.44. The fourth-order valence-electron chi connectivity index (χ4n) is 2.35. The van der Waals surface area contributed by atoms with E-state index in [4.69, 9.17) is 5.73 Å². The van der Waals surface area contributed by atoms with Crippen LogP contribution in [0.1, 0.15) is 31.7 Å². The van der Waals surface area contributed by atoms with Crippen molar-refractivity contribution in [3.05, 3.63) is 23.9 Å². The summed E-state index contributed by atoms with van der Waals surface area (Å²) in [5.74, 6) is 0.979. The standard InChI is InChI=1S/C13H21N3O/c1-13(17)5-3-8-16(9-6-13)12-11(10-14)4-2-7-15-12/h2,4,7,17H,3,5-6,8-10,14H2,1H3. The van der Waals surface area contributed by atoms with E-state index in [-0.39, 0.29) is 0 Å². The maximum atomic E-state index is 10.1. The SMILES string of the molecule is CC1(O)CCCN(c2ncccc2CN)CC1. The maximum Gasteiger partial charge on any atom is 0.133 e. The number of anilines is 1. The molecule has 1 unspecified atom stereocenters. The van der Waals surface area contributed by atoms with Crippen LogP contribution in [0, 0.1) is 0 Å². The quantitative estimate of drug-likeness (QED) is 0.810. The smallest absolute Gasteiger partial charge is 0.133 e. The van der Waals surface area contributed by atoms with E-state index in [0.29, 0.717) is 6.54 Å². The average Bonchev–Trinajstić information content (AvgIpc) is 2.50. The Hall–Kier alpha value is -1.13. The van der Waals surface area contributed by atoms with Crippen molar-refractivity contribution in [2.45, 2.75) is 38.3 Å². The van der Waals surface area contributed by atoms with Crippen molar-refractivity contribution in [1.82, 2.24) is 4.98 Å². The van der Waals surface area contributed by atoms with Crippen LogP contribution < -0.4 is 10.6 Å². The molecule has 1 aliphatic rings. The Morgan fingerprint density at radius 1 is 1.47 bits per heavy atom. The van der Waals surface area contributed by atoms with E-state index < -0.39 is 5.60 Å². The molecule has 94 valence electrons. The van der Waals surface area contributed by atoms with Crippen LogP contribution in [0.15, 0.2) is 18.3 Å². The van der Waals surface area contributed by atoms with Crippen molar-refractivity contribution >= 4 is 5.82 Å². The number of rotatable bonds is 2. The highest BCUT2D eigenvalue weighted by atomic mass is 16.3. The number of aliphatic hydroxyl groups is 1. The van der Waals surface area contributed by atoms with Gasteiger partial charge in [0.1, 0.15) is 5.82 Å². The Balaban J connectivity index is 2.17. The Morgan fingerprint density at radius 2 is 2.29 bits per heavy atom. The van der Waals surface area contributed by atoms with Gasteiger partial charge < -0.3 is 15.7 Å². The lowest BCUT2D eigenvalue weighted by atomic mass is 9.98. The predicted molar refractivity (Wildman–Crippen MR) is 68.8 cm³/mol. The molecule has 0 aromatic carbocycles. The highest BCUT2D eigenvalue weighted by Crippen LogP contribution is 2.25. The van der Waals surface area contributed by atoms with E-state index in [0.717, 1.165) is 43.7 Å². The number of pyridine rings is 1. The molecule has 1 aromatic heterocycles. The molecule has 0 amide bonds. The van der Waals surface area contributed by atoms with E-state index in [2.05, 4.69) is 9.88 Å². The van der Waals surface area contributed by atoms with Crippen molar-refractivity contribution in [3.63, 3.8) is 0 Å². The summed E-state index contributed by atoms with van der Waals surface area (Å²) in [4.78, 5) is 6.67. The average molecular weight is 235 g/mol. The summed E-state index contributed by atoms with van der Waals surface area (Å²) in [6.45, 7) is 4.21. The number of nitrogens with two attached hydrogens (primary N) is 1. The Bertz CT molecular complexity index is 379. The Kier molecular flexibility index (Phi) is 3.64. The van der Waals surface area contributed by atoms with Gasteiger partial charge in [-0.15, -0.1) is 0 Å². The Morgan fingerprint density at radius 3 is 3.06 bits per heavy atom. The molecule has 0 saturated carbocycles. The summed E-state index contributed by atoms with van der Waals surface area (Å²) in [6, 6.07) is 3.94. The monoisotopic (exact) mass is 235 g/mol. The van der Waals surface area contributed by atoms with Crippen LogP contribution in [0.2, 0.25) is 0 Å². The van der Waals surface area contributed by atoms with Crippen molar-refractivity contribution < 1.29 is 5.11 Å². The van der Waals surface area contributed by atoms with E-state index >= 15 is 0 Å². The van der Waals surface area contributed by atoms with Gasteiger partial charge in [0, 0.05) is 31.4 Å². The molecule has 2 heterocycles. The molecule has 4 heteroatoms. The summed E-state index contributed by atoms with van der Waals surface area (Å²) in [7, 11) is 0. The highest BCUT2D eigenvalue weighted by molar-refractivity contribution is 5.46. The third kappa shape index (κ3) is 2.96. The van der Waals surface area contributed by atoms with Gasteiger partial charge in [0.2, 0.25) is 0 Å². The minimum atomic E-state index is -0.535. The fraction of sp³-hybridized carbons (Fsp3) is 0.615. The summed E-state index contributed by atoms with van der Waals surface area (Å²) in [5, 5.41) is 10.1. The van der Waals surface area contributed by atoms with Crippen molar-refractivity contribution in [1.29, 1.82) is 0 Å². The first-order chi connectivity index (χ1) is 8.12. The molecule has 3 N–H and O–H groups in total. The summed E-state index contributed by atoms with van der Waals surface area (Å²) < 4.78 is 0. The maximum absolute atomic E-state index is 10.1. The third-order valence-electron chi connectivity index (χ3n) is 3.45. The molecule has 17 heavy (non-hydrogen) atoms. The van der Waals surface area contributed by atoms with Crippen LogP contribution in [-0.4, -0.2) is 28.8 Å². The highest BCUT2D eigenvalue weighted by Gasteiger charge is 2.26. The lowest BCUT2D eigenvalue weighted by Crippen LogP contribution is -2.29. The summed E-state index contributed by atoms with van der Waals surface area (Å²) >= 11 is 0. The molecular weight excluding hydrogens is 214 g/mol. The molecule has 0 bridgehead atoms. The van der Waals surface area contributed by atoms with Gasteiger partial charge in [0.25, 0.3) is 0 Å². The van der Waals surface area contributed by atoms with E-state index in [1.165, 1.54) is 0 Å². The van der Waals surface area contributed by atoms with E-state index in [1.54, 1.807) is 6.20 Å². The van der Waals surface area contributed by atoms with Crippen LogP contribution in [0.4, 0.5) is 5.82 Å². The molecule has 1 saturated heterocycles. The lowest BCUT2D eigenvalue weighted by molar-refractivity contribution is 0.0481. The lowest BCUT2D eigenvalue weighted by Gasteiger charge is -2.24. The molecule has 0 aliphatic carbocycles.